The van der Waals surface area contributed by atoms with Crippen LogP contribution in [0.2, 0.25) is 10.0 Å². The Kier molecular flexibility index (Phi) is 7.92. The Hall–Kier alpha value is -1.38. The number of carbonyl (C=O) groups excluding carboxylic acids is 1. The van der Waals surface area contributed by atoms with Crippen LogP contribution >= 0.6 is 23.2 Å². The number of morpholine rings is 1. The number of nitrogens with zero attached hydrogens (tertiary/aromatic N) is 1. The van der Waals surface area contributed by atoms with E-state index >= 15 is 0 Å². The zero-order chi connectivity index (χ0) is 18.2. The SMILES string of the molecule is O=C(CC(NCCN1CCOCC1)C(=O)O)Nc1ccc(Cl)c(Cl)c1. The first-order valence-corrected chi connectivity index (χ1v) is 8.72. The zero-order valence-electron chi connectivity index (χ0n) is 13.6. The van der Waals surface area contributed by atoms with Crippen molar-refractivity contribution >= 4 is 40.8 Å². The molecular weight excluding hydrogens is 369 g/mol. The molecule has 0 aliphatic carbocycles. The average molecular weight is 390 g/mol. The molecular formula is C16H21Cl2N3O4. The van der Waals surface area contributed by atoms with Crippen molar-refractivity contribution in [1.82, 2.24) is 10.2 Å². The summed E-state index contributed by atoms with van der Waals surface area (Å²) in [7, 11) is 0. The number of hydrogen-bond acceptors (Lipinski definition) is 5. The minimum atomic E-state index is -1.06. The molecule has 1 aliphatic heterocycles. The molecule has 1 saturated heterocycles. The summed E-state index contributed by atoms with van der Waals surface area (Å²) >= 11 is 11.7. The Balaban J connectivity index is 1.79. The maximum Gasteiger partial charge on any atom is 0.321 e. The number of hydrogen-bond donors (Lipinski definition) is 3. The standard InChI is InChI=1S/C16H21Cl2N3O4/c17-12-2-1-11(9-13(12)18)20-15(22)10-14(16(23)24)19-3-4-21-5-7-25-8-6-21/h1-2,9,14,19H,3-8,10H2,(H,20,22)(H,23,24). The number of nitrogens with one attached hydrogen (secondary N) is 2. The van der Waals surface area contributed by atoms with E-state index in [1.165, 1.54) is 6.07 Å². The third-order valence-electron chi connectivity index (χ3n) is 3.81. The summed E-state index contributed by atoms with van der Waals surface area (Å²) in [6.45, 7) is 4.23. The van der Waals surface area contributed by atoms with Crippen molar-refractivity contribution in [3.05, 3.63) is 28.2 Å². The predicted octanol–water partition coefficient (Wildman–Crippen LogP) is 1.70. The molecule has 0 bridgehead atoms. The van der Waals surface area contributed by atoms with Gasteiger partial charge in [0.05, 0.1) is 29.7 Å². The van der Waals surface area contributed by atoms with Crippen molar-refractivity contribution in [3.8, 4) is 0 Å². The first-order valence-electron chi connectivity index (χ1n) is 7.97. The molecule has 0 spiro atoms. The molecule has 1 aromatic carbocycles. The molecule has 138 valence electrons. The van der Waals surface area contributed by atoms with Crippen LogP contribution in [0, 0.1) is 0 Å². The number of aliphatic carboxylic acids is 1. The van der Waals surface area contributed by atoms with E-state index in [1.54, 1.807) is 12.1 Å². The fourth-order valence-electron chi connectivity index (χ4n) is 2.44. The van der Waals surface area contributed by atoms with Crippen molar-refractivity contribution < 1.29 is 19.4 Å². The van der Waals surface area contributed by atoms with Crippen molar-refractivity contribution in [2.75, 3.05) is 44.7 Å². The number of amides is 1. The van der Waals surface area contributed by atoms with Gasteiger partial charge in [0.15, 0.2) is 0 Å². The lowest BCUT2D eigenvalue weighted by Crippen LogP contribution is -2.45. The highest BCUT2D eigenvalue weighted by Gasteiger charge is 2.21. The second kappa shape index (κ2) is 9.94. The van der Waals surface area contributed by atoms with Gasteiger partial charge in [0.1, 0.15) is 6.04 Å². The maximum atomic E-state index is 12.1. The molecule has 0 saturated carbocycles. The number of benzene rings is 1. The third-order valence-corrected chi connectivity index (χ3v) is 4.55. The summed E-state index contributed by atoms with van der Waals surface area (Å²) in [6, 6.07) is 3.73. The topological polar surface area (TPSA) is 90.9 Å². The van der Waals surface area contributed by atoms with E-state index < -0.39 is 17.9 Å². The van der Waals surface area contributed by atoms with E-state index in [0.29, 0.717) is 42.0 Å². The first kappa shape index (κ1) is 19.9. The van der Waals surface area contributed by atoms with Gasteiger partial charge in [0.2, 0.25) is 5.91 Å². The fourth-order valence-corrected chi connectivity index (χ4v) is 2.74. The van der Waals surface area contributed by atoms with Gasteiger partial charge in [-0.05, 0) is 18.2 Å². The smallest absolute Gasteiger partial charge is 0.321 e. The Bertz CT molecular complexity index is 609. The molecule has 1 atom stereocenters. The molecule has 25 heavy (non-hydrogen) atoms. The predicted molar refractivity (Wildman–Crippen MR) is 96.4 cm³/mol. The van der Waals surface area contributed by atoms with Crippen LogP contribution in [0.25, 0.3) is 0 Å². The fraction of sp³-hybridized carbons (Fsp3) is 0.500. The molecule has 0 aromatic heterocycles. The Morgan fingerprint density at radius 1 is 1.24 bits per heavy atom. The summed E-state index contributed by atoms with van der Waals surface area (Å²) in [6.07, 6.45) is -0.182. The van der Waals surface area contributed by atoms with Gasteiger partial charge in [-0.1, -0.05) is 23.2 Å². The van der Waals surface area contributed by atoms with E-state index in [2.05, 4.69) is 15.5 Å². The molecule has 7 nitrogen and oxygen atoms in total. The first-order chi connectivity index (χ1) is 12.0. The second-order valence-electron chi connectivity index (χ2n) is 5.68. The van der Waals surface area contributed by atoms with Crippen LogP contribution in [-0.2, 0) is 14.3 Å². The van der Waals surface area contributed by atoms with Crippen LogP contribution < -0.4 is 10.6 Å². The van der Waals surface area contributed by atoms with Crippen LogP contribution in [0.1, 0.15) is 6.42 Å². The maximum absolute atomic E-state index is 12.1. The number of carbonyl (C=O) groups is 2. The van der Waals surface area contributed by atoms with Crippen molar-refractivity contribution in [1.29, 1.82) is 0 Å². The lowest BCUT2D eigenvalue weighted by molar-refractivity contribution is -0.141. The summed E-state index contributed by atoms with van der Waals surface area (Å²) in [5, 5.41) is 15.5. The number of carboxylic acid groups (broad SMARTS) is 1. The minimum Gasteiger partial charge on any atom is -0.480 e. The summed E-state index contributed by atoms with van der Waals surface area (Å²) in [5.74, 6) is -1.48. The summed E-state index contributed by atoms with van der Waals surface area (Å²) in [4.78, 5) is 25.6. The molecule has 1 heterocycles. The van der Waals surface area contributed by atoms with Crippen LogP contribution in [0.4, 0.5) is 5.69 Å². The van der Waals surface area contributed by atoms with Gasteiger partial charge in [-0.3, -0.25) is 14.5 Å². The third kappa shape index (κ3) is 6.80. The molecule has 1 amide bonds. The van der Waals surface area contributed by atoms with Gasteiger partial charge in [0, 0.05) is 31.9 Å². The number of halogens is 2. The normalized spacial score (nSPS) is 16.4. The van der Waals surface area contributed by atoms with E-state index in [4.69, 9.17) is 27.9 Å². The number of anilines is 1. The monoisotopic (exact) mass is 389 g/mol. The lowest BCUT2D eigenvalue weighted by atomic mass is 10.2. The van der Waals surface area contributed by atoms with E-state index in [0.717, 1.165) is 13.1 Å². The van der Waals surface area contributed by atoms with E-state index in [1.807, 2.05) is 0 Å². The summed E-state index contributed by atoms with van der Waals surface area (Å²) in [5.41, 5.74) is 0.469. The van der Waals surface area contributed by atoms with E-state index in [-0.39, 0.29) is 6.42 Å². The zero-order valence-corrected chi connectivity index (χ0v) is 15.1. The second-order valence-corrected chi connectivity index (χ2v) is 6.49. The Morgan fingerprint density at radius 2 is 1.96 bits per heavy atom. The van der Waals surface area contributed by atoms with Gasteiger partial charge in [0.25, 0.3) is 0 Å². The van der Waals surface area contributed by atoms with Crippen molar-refractivity contribution in [2.24, 2.45) is 0 Å². The minimum absolute atomic E-state index is 0.182. The van der Waals surface area contributed by atoms with Crippen LogP contribution in [0.5, 0.6) is 0 Å². The average Bonchev–Trinajstić information content (AvgIpc) is 2.58. The van der Waals surface area contributed by atoms with Crippen molar-refractivity contribution in [2.45, 2.75) is 12.5 Å². The van der Waals surface area contributed by atoms with Gasteiger partial charge in [-0.25, -0.2) is 0 Å². The number of carboxylic acids is 1. The lowest BCUT2D eigenvalue weighted by Gasteiger charge is -2.27. The largest absolute Gasteiger partial charge is 0.480 e. The van der Waals surface area contributed by atoms with Crippen molar-refractivity contribution in [3.63, 3.8) is 0 Å². The number of rotatable bonds is 8. The quantitative estimate of drug-likeness (QED) is 0.626. The molecule has 1 aromatic rings. The van der Waals surface area contributed by atoms with Crippen LogP contribution in [0.3, 0.4) is 0 Å². The van der Waals surface area contributed by atoms with Gasteiger partial charge < -0.3 is 20.5 Å². The van der Waals surface area contributed by atoms with Crippen LogP contribution in [-0.4, -0.2) is 67.3 Å². The van der Waals surface area contributed by atoms with Crippen LogP contribution in [0.15, 0.2) is 18.2 Å². The molecule has 1 aliphatic rings. The Labute approximate surface area is 156 Å². The highest BCUT2D eigenvalue weighted by molar-refractivity contribution is 6.42. The van der Waals surface area contributed by atoms with Gasteiger partial charge >= 0.3 is 5.97 Å². The molecule has 3 N–H and O–H groups in total. The van der Waals surface area contributed by atoms with Gasteiger partial charge in [-0.2, -0.15) is 0 Å². The molecule has 9 heteroatoms. The molecule has 1 unspecified atom stereocenters. The highest BCUT2D eigenvalue weighted by atomic mass is 35.5. The molecule has 0 radical (unpaired) electrons. The Morgan fingerprint density at radius 3 is 2.60 bits per heavy atom. The van der Waals surface area contributed by atoms with E-state index in [9.17, 15) is 14.7 Å². The summed E-state index contributed by atoms with van der Waals surface area (Å²) < 4.78 is 5.26. The number of ether oxygens (including phenoxy) is 1. The van der Waals surface area contributed by atoms with Gasteiger partial charge in [-0.15, -0.1) is 0 Å². The molecule has 2 rings (SSSR count). The highest BCUT2D eigenvalue weighted by Crippen LogP contribution is 2.25. The molecule has 1 fully saturated rings.